The number of furan rings is 1. The maximum atomic E-state index is 11.2. The van der Waals surface area contributed by atoms with E-state index in [1.54, 1.807) is 6.07 Å². The number of carboxylic acid groups (broad SMARTS) is 1. The van der Waals surface area contributed by atoms with E-state index in [0.717, 1.165) is 0 Å². The van der Waals surface area contributed by atoms with Gasteiger partial charge in [0.25, 0.3) is 0 Å². The molecule has 0 saturated carbocycles. The topological polar surface area (TPSA) is 94.6 Å². The van der Waals surface area contributed by atoms with Crippen molar-refractivity contribution in [3.63, 3.8) is 0 Å². The molecule has 94 valence electrons. The zero-order chi connectivity index (χ0) is 13.1. The van der Waals surface area contributed by atoms with Crippen LogP contribution in [0.2, 0.25) is 0 Å². The normalized spacial score (nSPS) is 10.3. The molecule has 7 heteroatoms. The first-order valence-corrected chi connectivity index (χ1v) is 5.03. The minimum atomic E-state index is -1.13. The zero-order valence-electron chi connectivity index (χ0n) is 9.49. The van der Waals surface area contributed by atoms with Gasteiger partial charge in [-0.15, -0.1) is 0 Å². The molecule has 0 amide bonds. The van der Waals surface area contributed by atoms with Crippen LogP contribution in [-0.2, 0) is 11.3 Å². The van der Waals surface area contributed by atoms with Gasteiger partial charge in [0.05, 0.1) is 25.4 Å². The molecule has 0 unspecified atom stereocenters. The second-order valence-electron chi connectivity index (χ2n) is 3.49. The van der Waals surface area contributed by atoms with Gasteiger partial charge in [0, 0.05) is 6.20 Å². The number of methoxy groups -OCH3 is 1. The standard InChI is InChI=1S/C11H10N2O5/c1-17-11(16)7-4-12-13(5-7)6-8-2-3-9(18-8)10(14)15/h2-5H,6H2,1H3,(H,14,15). The third-order valence-corrected chi connectivity index (χ3v) is 2.24. The number of hydrogen-bond donors (Lipinski definition) is 1. The molecule has 0 aliphatic rings. The predicted octanol–water partition coefficient (Wildman–Crippen LogP) is 1.01. The lowest BCUT2D eigenvalue weighted by Gasteiger charge is -1.97. The number of aromatic carboxylic acids is 1. The van der Waals surface area contributed by atoms with Crippen molar-refractivity contribution in [3.05, 3.63) is 41.6 Å². The quantitative estimate of drug-likeness (QED) is 0.813. The van der Waals surface area contributed by atoms with Crippen LogP contribution in [0.5, 0.6) is 0 Å². The van der Waals surface area contributed by atoms with Crippen molar-refractivity contribution in [1.82, 2.24) is 9.78 Å². The Kier molecular flexibility index (Phi) is 3.13. The van der Waals surface area contributed by atoms with E-state index in [4.69, 9.17) is 9.52 Å². The molecule has 2 rings (SSSR count). The van der Waals surface area contributed by atoms with Crippen LogP contribution < -0.4 is 0 Å². The Labute approximate surface area is 102 Å². The first-order chi connectivity index (χ1) is 8.60. The van der Waals surface area contributed by atoms with Crippen LogP contribution in [0.3, 0.4) is 0 Å². The van der Waals surface area contributed by atoms with Crippen LogP contribution >= 0.6 is 0 Å². The number of rotatable bonds is 4. The van der Waals surface area contributed by atoms with Crippen molar-refractivity contribution >= 4 is 11.9 Å². The maximum absolute atomic E-state index is 11.2. The number of carboxylic acids is 1. The van der Waals surface area contributed by atoms with Crippen molar-refractivity contribution in [2.75, 3.05) is 7.11 Å². The van der Waals surface area contributed by atoms with Gasteiger partial charge in [-0.1, -0.05) is 0 Å². The number of esters is 1. The molecule has 0 spiro atoms. The minimum Gasteiger partial charge on any atom is -0.475 e. The highest BCUT2D eigenvalue weighted by Gasteiger charge is 2.11. The molecular formula is C11H10N2O5. The van der Waals surface area contributed by atoms with Crippen LogP contribution in [-0.4, -0.2) is 33.9 Å². The van der Waals surface area contributed by atoms with Crippen molar-refractivity contribution in [2.45, 2.75) is 6.54 Å². The average Bonchev–Trinajstić information content (AvgIpc) is 2.98. The molecule has 2 aromatic heterocycles. The first kappa shape index (κ1) is 11.9. The van der Waals surface area contributed by atoms with Gasteiger partial charge in [0.2, 0.25) is 5.76 Å². The van der Waals surface area contributed by atoms with Gasteiger partial charge in [0.15, 0.2) is 0 Å². The van der Waals surface area contributed by atoms with Gasteiger partial charge in [-0.2, -0.15) is 5.10 Å². The highest BCUT2D eigenvalue weighted by molar-refractivity contribution is 5.88. The van der Waals surface area contributed by atoms with E-state index in [-0.39, 0.29) is 12.3 Å². The summed E-state index contributed by atoms with van der Waals surface area (Å²) in [5.41, 5.74) is 0.322. The van der Waals surface area contributed by atoms with Crippen molar-refractivity contribution in [3.8, 4) is 0 Å². The monoisotopic (exact) mass is 250 g/mol. The van der Waals surface area contributed by atoms with E-state index in [1.807, 2.05) is 0 Å². The Balaban J connectivity index is 2.11. The molecular weight excluding hydrogens is 240 g/mol. The fraction of sp³-hybridized carbons (Fsp3) is 0.182. The molecule has 0 aliphatic carbocycles. The summed E-state index contributed by atoms with van der Waals surface area (Å²) in [5.74, 6) is -1.30. The van der Waals surface area contributed by atoms with Gasteiger partial charge in [-0.3, -0.25) is 4.68 Å². The molecule has 7 nitrogen and oxygen atoms in total. The van der Waals surface area contributed by atoms with Crippen LogP contribution in [0.1, 0.15) is 26.7 Å². The summed E-state index contributed by atoms with van der Waals surface area (Å²) in [5, 5.41) is 12.6. The molecule has 2 heterocycles. The molecule has 0 fully saturated rings. The van der Waals surface area contributed by atoms with E-state index >= 15 is 0 Å². The number of ether oxygens (including phenoxy) is 1. The maximum Gasteiger partial charge on any atom is 0.371 e. The molecule has 0 saturated heterocycles. The minimum absolute atomic E-state index is 0.134. The van der Waals surface area contributed by atoms with Crippen molar-refractivity contribution in [1.29, 1.82) is 0 Å². The number of carbonyl (C=O) groups excluding carboxylic acids is 1. The summed E-state index contributed by atoms with van der Waals surface area (Å²) < 4.78 is 11.1. The van der Waals surface area contributed by atoms with Crippen molar-refractivity contribution in [2.24, 2.45) is 0 Å². The largest absolute Gasteiger partial charge is 0.475 e. The van der Waals surface area contributed by atoms with E-state index in [9.17, 15) is 9.59 Å². The van der Waals surface area contributed by atoms with Gasteiger partial charge in [-0.25, -0.2) is 9.59 Å². The van der Waals surface area contributed by atoms with E-state index in [0.29, 0.717) is 11.3 Å². The summed E-state index contributed by atoms with van der Waals surface area (Å²) in [7, 11) is 1.28. The Bertz CT molecular complexity index is 584. The number of hydrogen-bond acceptors (Lipinski definition) is 5. The Morgan fingerprint density at radius 1 is 1.50 bits per heavy atom. The molecule has 2 aromatic rings. The lowest BCUT2D eigenvalue weighted by molar-refractivity contribution is 0.0599. The molecule has 1 N–H and O–H groups in total. The Hall–Kier alpha value is -2.57. The summed E-state index contributed by atoms with van der Waals surface area (Å²) in [6.45, 7) is 0.240. The number of carbonyl (C=O) groups is 2. The van der Waals surface area contributed by atoms with Crippen LogP contribution in [0.4, 0.5) is 0 Å². The van der Waals surface area contributed by atoms with Gasteiger partial charge in [-0.05, 0) is 12.1 Å². The smallest absolute Gasteiger partial charge is 0.371 e. The third kappa shape index (κ3) is 2.40. The van der Waals surface area contributed by atoms with E-state index < -0.39 is 11.9 Å². The molecule has 0 aromatic carbocycles. The predicted molar refractivity (Wildman–Crippen MR) is 58.3 cm³/mol. The molecule has 0 aliphatic heterocycles. The van der Waals surface area contributed by atoms with Gasteiger partial charge < -0.3 is 14.3 Å². The van der Waals surface area contributed by atoms with Crippen LogP contribution in [0.25, 0.3) is 0 Å². The van der Waals surface area contributed by atoms with Crippen molar-refractivity contribution < 1.29 is 23.8 Å². The lowest BCUT2D eigenvalue weighted by Crippen LogP contribution is -2.01. The second kappa shape index (κ2) is 4.74. The van der Waals surface area contributed by atoms with Gasteiger partial charge >= 0.3 is 11.9 Å². The van der Waals surface area contributed by atoms with Crippen LogP contribution in [0.15, 0.2) is 28.9 Å². The number of nitrogens with zero attached hydrogens (tertiary/aromatic N) is 2. The molecule has 0 bridgehead atoms. The highest BCUT2D eigenvalue weighted by Crippen LogP contribution is 2.10. The Morgan fingerprint density at radius 3 is 2.89 bits per heavy atom. The molecule has 0 atom stereocenters. The SMILES string of the molecule is COC(=O)c1cnn(Cc2ccc(C(=O)O)o2)c1. The lowest BCUT2D eigenvalue weighted by atomic mass is 10.4. The molecule has 0 radical (unpaired) electrons. The summed E-state index contributed by atoms with van der Waals surface area (Å²) >= 11 is 0. The Morgan fingerprint density at radius 2 is 2.28 bits per heavy atom. The van der Waals surface area contributed by atoms with Crippen LogP contribution in [0, 0.1) is 0 Å². The highest BCUT2D eigenvalue weighted by atomic mass is 16.5. The fourth-order valence-corrected chi connectivity index (χ4v) is 1.41. The number of aromatic nitrogens is 2. The second-order valence-corrected chi connectivity index (χ2v) is 3.49. The van der Waals surface area contributed by atoms with E-state index in [1.165, 1.54) is 30.3 Å². The first-order valence-electron chi connectivity index (χ1n) is 5.03. The summed E-state index contributed by atoms with van der Waals surface area (Å²) in [4.78, 5) is 21.8. The van der Waals surface area contributed by atoms with Gasteiger partial charge in [0.1, 0.15) is 5.76 Å². The fourth-order valence-electron chi connectivity index (χ4n) is 1.41. The average molecular weight is 250 g/mol. The molecule has 18 heavy (non-hydrogen) atoms. The summed E-state index contributed by atoms with van der Waals surface area (Å²) in [6, 6.07) is 2.91. The van der Waals surface area contributed by atoms with E-state index in [2.05, 4.69) is 9.84 Å². The third-order valence-electron chi connectivity index (χ3n) is 2.24. The zero-order valence-corrected chi connectivity index (χ0v) is 9.49. The summed E-state index contributed by atoms with van der Waals surface area (Å²) in [6.07, 6.45) is 2.86.